The molecule has 2 heteroatoms. The Kier molecular flexibility index (Phi) is 14.6. The van der Waals surface area contributed by atoms with Crippen LogP contribution in [0.1, 0.15) is 84.5 Å². The van der Waals surface area contributed by atoms with Crippen LogP contribution in [-0.2, 0) is 9.53 Å². The second-order valence-electron chi connectivity index (χ2n) is 5.16. The first-order valence-electron chi connectivity index (χ1n) is 8.08. The molecule has 0 aromatic heterocycles. The lowest BCUT2D eigenvalue weighted by molar-refractivity contribution is -0.143. The average molecular weight is 268 g/mol. The van der Waals surface area contributed by atoms with Crippen LogP contribution in [0.5, 0.6) is 0 Å². The minimum absolute atomic E-state index is 0.0348. The zero-order valence-electron chi connectivity index (χ0n) is 13.0. The molecule has 0 N–H and O–H groups in total. The molecule has 0 aliphatic carbocycles. The Labute approximate surface area is 119 Å². The molecule has 0 bridgehead atoms. The number of hydrogen-bond acceptors (Lipinski definition) is 2. The lowest BCUT2D eigenvalue weighted by Gasteiger charge is -2.04. The molecule has 0 fully saturated rings. The first-order valence-corrected chi connectivity index (χ1v) is 8.08. The standard InChI is InChI=1S/C17H32O2/c1-3-5-7-9-10-11-12-14-16-19-17(18)15-13-8-6-4-2/h4,6H,3,5,7-16H2,1-2H3/b6-4+. The maximum atomic E-state index is 11.4. The van der Waals surface area contributed by atoms with Crippen LogP contribution >= 0.6 is 0 Å². The van der Waals surface area contributed by atoms with E-state index < -0.39 is 0 Å². The van der Waals surface area contributed by atoms with Crippen molar-refractivity contribution in [3.05, 3.63) is 12.2 Å². The molecule has 0 amide bonds. The van der Waals surface area contributed by atoms with Gasteiger partial charge in [-0.2, -0.15) is 0 Å². The van der Waals surface area contributed by atoms with Crippen molar-refractivity contribution < 1.29 is 9.53 Å². The topological polar surface area (TPSA) is 26.3 Å². The largest absolute Gasteiger partial charge is 0.466 e. The van der Waals surface area contributed by atoms with Gasteiger partial charge in [0.2, 0.25) is 0 Å². The smallest absolute Gasteiger partial charge is 0.305 e. The lowest BCUT2D eigenvalue weighted by Crippen LogP contribution is -2.05. The molecule has 0 aromatic rings. The third-order valence-electron chi connectivity index (χ3n) is 3.25. The quantitative estimate of drug-likeness (QED) is 0.253. The van der Waals surface area contributed by atoms with E-state index in [1.54, 1.807) is 0 Å². The number of unbranched alkanes of at least 4 members (excludes halogenated alkanes) is 8. The number of ether oxygens (including phenoxy) is 1. The predicted molar refractivity (Wildman–Crippen MR) is 82.2 cm³/mol. The lowest BCUT2D eigenvalue weighted by atomic mass is 10.1. The minimum Gasteiger partial charge on any atom is -0.466 e. The molecular formula is C17H32O2. The summed E-state index contributed by atoms with van der Waals surface area (Å²) in [6.45, 7) is 4.85. The molecule has 0 aliphatic rings. The highest BCUT2D eigenvalue weighted by atomic mass is 16.5. The van der Waals surface area contributed by atoms with E-state index in [1.807, 2.05) is 13.0 Å². The number of rotatable bonds is 13. The van der Waals surface area contributed by atoms with E-state index >= 15 is 0 Å². The van der Waals surface area contributed by atoms with E-state index in [0.717, 1.165) is 19.3 Å². The van der Waals surface area contributed by atoms with Gasteiger partial charge in [-0.25, -0.2) is 0 Å². The van der Waals surface area contributed by atoms with Crippen LogP contribution in [0.3, 0.4) is 0 Å². The summed E-state index contributed by atoms with van der Waals surface area (Å²) in [5, 5.41) is 0. The Morgan fingerprint density at radius 2 is 1.58 bits per heavy atom. The zero-order valence-corrected chi connectivity index (χ0v) is 13.0. The van der Waals surface area contributed by atoms with Gasteiger partial charge in [0, 0.05) is 6.42 Å². The molecule has 0 rings (SSSR count). The summed E-state index contributed by atoms with van der Waals surface area (Å²) in [5.41, 5.74) is 0. The van der Waals surface area contributed by atoms with Crippen molar-refractivity contribution in [3.63, 3.8) is 0 Å². The monoisotopic (exact) mass is 268 g/mol. The van der Waals surface area contributed by atoms with Gasteiger partial charge >= 0.3 is 5.97 Å². The minimum atomic E-state index is -0.0348. The summed E-state index contributed by atoms with van der Waals surface area (Å²) < 4.78 is 5.20. The summed E-state index contributed by atoms with van der Waals surface area (Å²) in [6, 6.07) is 0. The molecule has 0 atom stereocenters. The molecule has 2 nitrogen and oxygen atoms in total. The van der Waals surface area contributed by atoms with Crippen LogP contribution in [0.25, 0.3) is 0 Å². The summed E-state index contributed by atoms with van der Waals surface area (Å²) in [5.74, 6) is -0.0348. The van der Waals surface area contributed by atoms with E-state index in [4.69, 9.17) is 4.74 Å². The Morgan fingerprint density at radius 1 is 0.947 bits per heavy atom. The van der Waals surface area contributed by atoms with E-state index in [1.165, 1.54) is 44.9 Å². The highest BCUT2D eigenvalue weighted by Crippen LogP contribution is 2.08. The van der Waals surface area contributed by atoms with E-state index in [-0.39, 0.29) is 5.97 Å². The number of carbonyl (C=O) groups is 1. The second kappa shape index (κ2) is 15.3. The Bertz CT molecular complexity index is 221. The molecule has 0 aromatic carbocycles. The van der Waals surface area contributed by atoms with Gasteiger partial charge < -0.3 is 4.74 Å². The van der Waals surface area contributed by atoms with Crippen LogP contribution in [-0.4, -0.2) is 12.6 Å². The summed E-state index contributed by atoms with van der Waals surface area (Å²) in [7, 11) is 0. The highest BCUT2D eigenvalue weighted by Gasteiger charge is 2.01. The summed E-state index contributed by atoms with van der Waals surface area (Å²) in [4.78, 5) is 11.4. The van der Waals surface area contributed by atoms with Gasteiger partial charge in [-0.05, 0) is 26.2 Å². The van der Waals surface area contributed by atoms with Crippen molar-refractivity contribution in [3.8, 4) is 0 Å². The normalized spacial score (nSPS) is 11.1. The van der Waals surface area contributed by atoms with Crippen molar-refractivity contribution in [1.82, 2.24) is 0 Å². The fourth-order valence-corrected chi connectivity index (χ4v) is 2.03. The van der Waals surface area contributed by atoms with Crippen LogP contribution in [0.15, 0.2) is 12.2 Å². The molecule has 0 unspecified atom stereocenters. The van der Waals surface area contributed by atoms with E-state index in [9.17, 15) is 4.79 Å². The molecule has 0 saturated carbocycles. The van der Waals surface area contributed by atoms with Crippen LogP contribution in [0.2, 0.25) is 0 Å². The zero-order chi connectivity index (χ0) is 14.2. The van der Waals surface area contributed by atoms with E-state index in [0.29, 0.717) is 13.0 Å². The molecule has 0 saturated heterocycles. The van der Waals surface area contributed by atoms with Crippen LogP contribution < -0.4 is 0 Å². The van der Waals surface area contributed by atoms with E-state index in [2.05, 4.69) is 13.0 Å². The van der Waals surface area contributed by atoms with Crippen molar-refractivity contribution in [2.24, 2.45) is 0 Å². The van der Waals surface area contributed by atoms with Crippen molar-refractivity contribution in [2.45, 2.75) is 84.5 Å². The SMILES string of the molecule is C/C=C/CCCC(=O)OCCCCCCCCCC. The van der Waals surface area contributed by atoms with Crippen LogP contribution in [0, 0.1) is 0 Å². The maximum absolute atomic E-state index is 11.4. The molecule has 0 heterocycles. The van der Waals surface area contributed by atoms with Crippen molar-refractivity contribution >= 4 is 5.97 Å². The Balaban J connectivity index is 3.14. The number of esters is 1. The predicted octanol–water partition coefficient (Wildman–Crippen LogP) is 5.42. The third-order valence-corrected chi connectivity index (χ3v) is 3.25. The average Bonchev–Trinajstić information content (AvgIpc) is 2.42. The van der Waals surface area contributed by atoms with Crippen molar-refractivity contribution in [1.29, 1.82) is 0 Å². The van der Waals surface area contributed by atoms with Gasteiger partial charge in [-0.1, -0.05) is 64.0 Å². The molecule has 0 spiro atoms. The summed E-state index contributed by atoms with van der Waals surface area (Å²) >= 11 is 0. The molecular weight excluding hydrogens is 236 g/mol. The van der Waals surface area contributed by atoms with Gasteiger partial charge in [0.1, 0.15) is 0 Å². The van der Waals surface area contributed by atoms with Gasteiger partial charge in [-0.15, -0.1) is 0 Å². The Hall–Kier alpha value is -0.790. The van der Waals surface area contributed by atoms with Gasteiger partial charge in [-0.3, -0.25) is 4.79 Å². The van der Waals surface area contributed by atoms with Crippen molar-refractivity contribution in [2.75, 3.05) is 6.61 Å². The maximum Gasteiger partial charge on any atom is 0.305 e. The van der Waals surface area contributed by atoms with Gasteiger partial charge in [0.05, 0.1) is 6.61 Å². The Morgan fingerprint density at radius 3 is 2.21 bits per heavy atom. The second-order valence-corrected chi connectivity index (χ2v) is 5.16. The third kappa shape index (κ3) is 15.2. The fraction of sp³-hybridized carbons (Fsp3) is 0.824. The molecule has 19 heavy (non-hydrogen) atoms. The first-order chi connectivity index (χ1) is 9.31. The number of allylic oxidation sites excluding steroid dienone is 2. The van der Waals surface area contributed by atoms with Crippen LogP contribution in [0.4, 0.5) is 0 Å². The molecule has 112 valence electrons. The molecule has 0 radical (unpaired) electrons. The fourth-order valence-electron chi connectivity index (χ4n) is 2.03. The van der Waals surface area contributed by atoms with Gasteiger partial charge in [0.15, 0.2) is 0 Å². The molecule has 0 aliphatic heterocycles. The van der Waals surface area contributed by atoms with Gasteiger partial charge in [0.25, 0.3) is 0 Å². The number of hydrogen-bond donors (Lipinski definition) is 0. The summed E-state index contributed by atoms with van der Waals surface area (Å²) in [6.07, 6.45) is 16.8. The number of carbonyl (C=O) groups excluding carboxylic acids is 1. The highest BCUT2D eigenvalue weighted by molar-refractivity contribution is 5.69. The first kappa shape index (κ1) is 18.2.